The van der Waals surface area contributed by atoms with Crippen LogP contribution < -0.4 is 5.32 Å². The molecular formula is C29H51N3. The maximum atomic E-state index is 4.63. The van der Waals surface area contributed by atoms with Crippen molar-refractivity contribution in [2.45, 2.75) is 85.1 Å². The van der Waals surface area contributed by atoms with Crippen molar-refractivity contribution in [3.8, 4) is 0 Å². The molecule has 32 heavy (non-hydrogen) atoms. The van der Waals surface area contributed by atoms with E-state index in [1.165, 1.54) is 43.6 Å². The molecule has 2 unspecified atom stereocenters. The van der Waals surface area contributed by atoms with Crippen LogP contribution in [0.5, 0.6) is 0 Å². The molecule has 4 aliphatic carbocycles. The molecule has 0 amide bonds. The summed E-state index contributed by atoms with van der Waals surface area (Å²) in [5, 5.41) is 3.82. The Morgan fingerprint density at radius 1 is 1.19 bits per heavy atom. The Morgan fingerprint density at radius 2 is 1.84 bits per heavy atom. The molecule has 0 aromatic carbocycles. The first-order chi connectivity index (χ1) is 15.4. The number of allylic oxidation sites excluding steroid dienone is 3. The van der Waals surface area contributed by atoms with Crippen molar-refractivity contribution in [1.29, 1.82) is 0 Å². The highest BCUT2D eigenvalue weighted by Crippen LogP contribution is 2.47. The van der Waals surface area contributed by atoms with Gasteiger partial charge in [-0.05, 0) is 101 Å². The fraction of sp³-hybridized carbons (Fsp3) is 0.724. The Morgan fingerprint density at radius 3 is 2.34 bits per heavy atom. The van der Waals surface area contributed by atoms with Gasteiger partial charge in [0.15, 0.2) is 0 Å². The van der Waals surface area contributed by atoms with E-state index < -0.39 is 0 Å². The van der Waals surface area contributed by atoms with E-state index in [0.29, 0.717) is 5.92 Å². The predicted molar refractivity (Wildman–Crippen MR) is 141 cm³/mol. The Kier molecular flexibility index (Phi) is 10.6. The van der Waals surface area contributed by atoms with Crippen LogP contribution in [0.1, 0.15) is 79.6 Å². The first kappa shape index (κ1) is 26.8. The maximum Gasteiger partial charge on any atom is 0.0801 e. The Hall–Kier alpha value is -1.48. The number of nitrogens with one attached hydrogen (secondary N) is 1. The van der Waals surface area contributed by atoms with Gasteiger partial charge in [0.25, 0.3) is 0 Å². The SMILES string of the molecule is C=CN(CC)C(CC)(CCNCC1CC2CC(C1)C2)C(=C)N(C)C1=CCC(C)C=C1.CC. The van der Waals surface area contributed by atoms with Gasteiger partial charge in [-0.15, -0.1) is 0 Å². The van der Waals surface area contributed by atoms with Crippen molar-refractivity contribution in [3.63, 3.8) is 0 Å². The zero-order chi connectivity index (χ0) is 23.7. The lowest BCUT2D eigenvalue weighted by atomic mass is 9.61. The minimum absolute atomic E-state index is 0.106. The molecule has 2 atom stereocenters. The van der Waals surface area contributed by atoms with Crippen molar-refractivity contribution in [2.75, 3.05) is 26.7 Å². The number of nitrogens with zero attached hydrogens (tertiary/aromatic N) is 2. The second-order valence-electron chi connectivity index (χ2n) is 10.1. The molecule has 3 nitrogen and oxygen atoms in total. The summed E-state index contributed by atoms with van der Waals surface area (Å²) in [5.74, 6) is 3.59. The number of fused-ring (bicyclic) bond motifs is 2. The summed E-state index contributed by atoms with van der Waals surface area (Å²) in [4.78, 5) is 4.71. The lowest BCUT2D eigenvalue weighted by Gasteiger charge is -2.48. The Bertz CT molecular complexity index is 647. The lowest BCUT2D eigenvalue weighted by Crippen LogP contribution is -2.52. The summed E-state index contributed by atoms with van der Waals surface area (Å²) in [7, 11) is 2.18. The van der Waals surface area contributed by atoms with Gasteiger partial charge in [-0.3, -0.25) is 0 Å². The van der Waals surface area contributed by atoms with Gasteiger partial charge >= 0.3 is 0 Å². The number of hydrogen-bond acceptors (Lipinski definition) is 3. The number of rotatable bonds is 12. The summed E-state index contributed by atoms with van der Waals surface area (Å²) in [6.45, 7) is 22.7. The number of likely N-dealkylation sites (N-methyl/N-ethyl adjacent to an activating group) is 2. The van der Waals surface area contributed by atoms with E-state index in [-0.39, 0.29) is 5.54 Å². The van der Waals surface area contributed by atoms with Crippen LogP contribution in [0.25, 0.3) is 0 Å². The van der Waals surface area contributed by atoms with Crippen LogP contribution >= 0.6 is 0 Å². The maximum absolute atomic E-state index is 4.63. The zero-order valence-electron chi connectivity index (χ0n) is 22.0. The van der Waals surface area contributed by atoms with Gasteiger partial charge in [-0.25, -0.2) is 0 Å². The van der Waals surface area contributed by atoms with Gasteiger partial charge in [0.05, 0.1) is 5.54 Å². The fourth-order valence-corrected chi connectivity index (χ4v) is 6.14. The third-order valence-electron chi connectivity index (χ3n) is 8.13. The van der Waals surface area contributed by atoms with Crippen LogP contribution in [0, 0.1) is 23.7 Å². The topological polar surface area (TPSA) is 18.5 Å². The summed E-state index contributed by atoms with van der Waals surface area (Å²) >= 11 is 0. The largest absolute Gasteiger partial charge is 0.367 e. The molecule has 4 aliphatic rings. The van der Waals surface area contributed by atoms with E-state index in [4.69, 9.17) is 0 Å². The van der Waals surface area contributed by atoms with Crippen molar-refractivity contribution in [1.82, 2.24) is 15.1 Å². The van der Waals surface area contributed by atoms with Crippen molar-refractivity contribution in [3.05, 3.63) is 49.0 Å². The molecule has 0 heterocycles. The van der Waals surface area contributed by atoms with Crippen LogP contribution in [0.2, 0.25) is 0 Å². The number of hydrogen-bond donors (Lipinski definition) is 1. The van der Waals surface area contributed by atoms with Gasteiger partial charge in [0.2, 0.25) is 0 Å². The van der Waals surface area contributed by atoms with Crippen molar-refractivity contribution < 1.29 is 0 Å². The zero-order valence-corrected chi connectivity index (χ0v) is 22.0. The molecule has 0 saturated heterocycles. The van der Waals surface area contributed by atoms with Crippen LogP contribution in [0.3, 0.4) is 0 Å². The third kappa shape index (κ3) is 6.10. The standard InChI is InChI=1S/C27H45N3.C2H6/c1-7-27(30(8-2)9-3,22(5)29(6)26-12-10-21(4)11-13-26)14-15-28-20-25-18-23-16-24(17-23)19-25;1-2/h8,10,12-13,21,23-25,28H,2,5,7,9,11,14-20H2,1,3-4,6H3;1-2H3. The molecule has 1 N–H and O–H groups in total. The van der Waals surface area contributed by atoms with Crippen LogP contribution in [-0.2, 0) is 0 Å². The first-order valence-electron chi connectivity index (χ1n) is 13.3. The summed E-state index contributed by atoms with van der Waals surface area (Å²) in [6.07, 6.45) is 18.0. The molecular weight excluding hydrogens is 390 g/mol. The average molecular weight is 442 g/mol. The summed E-state index contributed by atoms with van der Waals surface area (Å²) in [5.41, 5.74) is 2.34. The highest BCUT2D eigenvalue weighted by atomic mass is 15.3. The molecule has 3 fully saturated rings. The van der Waals surface area contributed by atoms with Gasteiger partial charge in [0, 0.05) is 25.0 Å². The van der Waals surface area contributed by atoms with Gasteiger partial charge in [-0.2, -0.15) is 0 Å². The lowest BCUT2D eigenvalue weighted by molar-refractivity contribution is 0.0662. The Balaban J connectivity index is 0.00000176. The summed E-state index contributed by atoms with van der Waals surface area (Å²) in [6, 6.07) is 0. The van der Waals surface area contributed by atoms with E-state index in [9.17, 15) is 0 Å². The van der Waals surface area contributed by atoms with E-state index in [2.05, 4.69) is 74.3 Å². The molecule has 0 spiro atoms. The fourth-order valence-electron chi connectivity index (χ4n) is 6.14. The first-order valence-corrected chi connectivity index (χ1v) is 13.3. The molecule has 0 aromatic rings. The molecule has 3 saturated carbocycles. The molecule has 0 aliphatic heterocycles. The molecule has 3 heteroatoms. The normalized spacial score (nSPS) is 27.8. The molecule has 0 aromatic heterocycles. The molecule has 182 valence electrons. The smallest absolute Gasteiger partial charge is 0.0801 e. The van der Waals surface area contributed by atoms with Crippen LogP contribution in [0.4, 0.5) is 0 Å². The van der Waals surface area contributed by atoms with Gasteiger partial charge in [-0.1, -0.05) is 53.0 Å². The molecule has 4 rings (SSSR count). The second-order valence-corrected chi connectivity index (χ2v) is 10.1. The molecule has 0 radical (unpaired) electrons. The third-order valence-corrected chi connectivity index (χ3v) is 8.13. The van der Waals surface area contributed by atoms with Crippen molar-refractivity contribution in [2.24, 2.45) is 23.7 Å². The minimum atomic E-state index is -0.106. The highest BCUT2D eigenvalue weighted by molar-refractivity contribution is 5.30. The van der Waals surface area contributed by atoms with Gasteiger partial charge in [0.1, 0.15) is 0 Å². The quantitative estimate of drug-likeness (QED) is 0.330. The van der Waals surface area contributed by atoms with Crippen molar-refractivity contribution >= 4 is 0 Å². The van der Waals surface area contributed by atoms with Crippen LogP contribution in [0.15, 0.2) is 49.0 Å². The minimum Gasteiger partial charge on any atom is -0.367 e. The monoisotopic (exact) mass is 441 g/mol. The van der Waals surface area contributed by atoms with Crippen LogP contribution in [-0.4, -0.2) is 42.0 Å². The highest BCUT2D eigenvalue weighted by Gasteiger charge is 2.39. The predicted octanol–water partition coefficient (Wildman–Crippen LogP) is 6.97. The van der Waals surface area contributed by atoms with E-state index in [1.54, 1.807) is 0 Å². The molecule has 2 bridgehead atoms. The van der Waals surface area contributed by atoms with E-state index in [1.807, 2.05) is 20.0 Å². The Labute approximate surface area is 199 Å². The average Bonchev–Trinajstić information content (AvgIpc) is 2.81. The van der Waals surface area contributed by atoms with Gasteiger partial charge < -0.3 is 15.1 Å². The second kappa shape index (κ2) is 12.7. The summed E-state index contributed by atoms with van der Waals surface area (Å²) < 4.78 is 0. The van der Waals surface area contributed by atoms with E-state index >= 15 is 0 Å². The van der Waals surface area contributed by atoms with E-state index in [0.717, 1.165) is 50.1 Å².